The summed E-state index contributed by atoms with van der Waals surface area (Å²) >= 11 is 0. The van der Waals surface area contributed by atoms with Crippen LogP contribution in [0, 0.1) is 5.92 Å². The smallest absolute Gasteiger partial charge is 0.315 e. The lowest BCUT2D eigenvalue weighted by Gasteiger charge is -2.43. The van der Waals surface area contributed by atoms with E-state index in [1.807, 2.05) is 60.7 Å². The van der Waals surface area contributed by atoms with Gasteiger partial charge >= 0.3 is 6.03 Å². The summed E-state index contributed by atoms with van der Waals surface area (Å²) in [6.45, 7) is 7.17. The Morgan fingerprint density at radius 2 is 1.46 bits per heavy atom. The third-order valence-corrected chi connectivity index (χ3v) is 8.91. The van der Waals surface area contributed by atoms with E-state index in [0.717, 1.165) is 71.8 Å². The maximum absolute atomic E-state index is 12.5. The molecule has 0 saturated carbocycles. The van der Waals surface area contributed by atoms with E-state index >= 15 is 0 Å². The van der Waals surface area contributed by atoms with Crippen LogP contribution >= 0.6 is 0 Å². The van der Waals surface area contributed by atoms with Gasteiger partial charge < -0.3 is 30.0 Å². The minimum Gasteiger partial charge on any atom is -0.392 e. The topological polar surface area (TPSA) is 92.3 Å². The van der Waals surface area contributed by atoms with Gasteiger partial charge in [-0.25, -0.2) is 4.79 Å². The maximum atomic E-state index is 12.5. The number of carbonyl (C=O) groups excluding carboxylic acids is 1. The zero-order valence-electron chi connectivity index (χ0n) is 26.3. The van der Waals surface area contributed by atoms with Crippen LogP contribution in [0.5, 0.6) is 0 Å². The van der Waals surface area contributed by atoms with Crippen molar-refractivity contribution in [2.24, 2.45) is 5.92 Å². The van der Waals surface area contributed by atoms with E-state index in [9.17, 15) is 9.90 Å². The molecule has 0 aliphatic carbocycles. The molecule has 2 heterocycles. The number of hydrogen-bond acceptors (Lipinski definition) is 6. The number of aliphatic hydroxyl groups excluding tert-OH is 1. The molecule has 4 aromatic rings. The van der Waals surface area contributed by atoms with E-state index < -0.39 is 6.29 Å². The summed E-state index contributed by atoms with van der Waals surface area (Å²) in [6.07, 6.45) is -0.708. The Balaban J connectivity index is 1.16. The molecule has 240 valence electrons. The summed E-state index contributed by atoms with van der Waals surface area (Å²) in [5.41, 5.74) is 7.10. The lowest BCUT2D eigenvalue weighted by atomic mass is 9.90. The van der Waals surface area contributed by atoms with Gasteiger partial charge in [0.05, 0.1) is 32.0 Å². The molecule has 0 aromatic heterocycles. The highest BCUT2D eigenvalue weighted by molar-refractivity contribution is 5.75. The number of nitrogens with zero attached hydrogens (tertiary/aromatic N) is 1. The van der Waals surface area contributed by atoms with Crippen molar-refractivity contribution in [3.63, 3.8) is 0 Å². The van der Waals surface area contributed by atoms with Gasteiger partial charge in [0, 0.05) is 44.2 Å². The van der Waals surface area contributed by atoms with Crippen LogP contribution in [0.15, 0.2) is 103 Å². The number of amides is 2. The molecule has 0 unspecified atom stereocenters. The minimum atomic E-state index is -0.524. The van der Waals surface area contributed by atoms with Gasteiger partial charge in [-0.1, -0.05) is 110 Å². The van der Waals surface area contributed by atoms with Crippen LogP contribution in [-0.2, 0) is 33.9 Å². The van der Waals surface area contributed by atoms with Gasteiger partial charge in [0.1, 0.15) is 0 Å². The lowest BCUT2D eigenvalue weighted by molar-refractivity contribution is -0.277. The van der Waals surface area contributed by atoms with Gasteiger partial charge in [0.25, 0.3) is 0 Å². The highest BCUT2D eigenvalue weighted by Gasteiger charge is 2.39. The second-order valence-electron chi connectivity index (χ2n) is 12.0. The summed E-state index contributed by atoms with van der Waals surface area (Å²) in [4.78, 5) is 14.9. The van der Waals surface area contributed by atoms with Gasteiger partial charge in [-0.15, -0.1) is 0 Å². The van der Waals surface area contributed by atoms with Gasteiger partial charge in [0.15, 0.2) is 6.29 Å². The Kier molecular flexibility index (Phi) is 10.7. The zero-order valence-corrected chi connectivity index (χ0v) is 26.3. The van der Waals surface area contributed by atoms with Crippen molar-refractivity contribution < 1.29 is 24.1 Å². The lowest BCUT2D eigenvalue weighted by Crippen LogP contribution is -2.47. The molecule has 0 spiro atoms. The number of nitrogens with one attached hydrogen (secondary N) is 2. The average Bonchev–Trinajstić information content (AvgIpc) is 3.12. The Hall–Kier alpha value is -4.05. The molecular formula is C38H43N3O5. The molecule has 2 amide bonds. The van der Waals surface area contributed by atoms with Crippen molar-refractivity contribution in [2.75, 3.05) is 32.8 Å². The van der Waals surface area contributed by atoms with Crippen LogP contribution in [0.1, 0.15) is 47.1 Å². The minimum absolute atomic E-state index is 0.0136. The second-order valence-corrected chi connectivity index (χ2v) is 12.0. The van der Waals surface area contributed by atoms with Crippen LogP contribution in [0.25, 0.3) is 11.1 Å². The monoisotopic (exact) mass is 621 g/mol. The molecule has 2 aliphatic rings. The van der Waals surface area contributed by atoms with Crippen molar-refractivity contribution in [1.29, 1.82) is 0 Å². The third-order valence-electron chi connectivity index (χ3n) is 8.91. The Bertz CT molecular complexity index is 1540. The van der Waals surface area contributed by atoms with E-state index in [2.05, 4.69) is 64.9 Å². The summed E-state index contributed by atoms with van der Waals surface area (Å²) < 4.78 is 18.9. The quantitative estimate of drug-likeness (QED) is 0.202. The molecule has 2 saturated heterocycles. The molecule has 8 heteroatoms. The fourth-order valence-electron chi connectivity index (χ4n) is 6.16. The molecular weight excluding hydrogens is 578 g/mol. The van der Waals surface area contributed by atoms with E-state index in [0.29, 0.717) is 13.1 Å². The molecule has 4 aromatic carbocycles. The maximum Gasteiger partial charge on any atom is 0.315 e. The summed E-state index contributed by atoms with van der Waals surface area (Å²) in [7, 11) is 0. The normalized spacial score (nSPS) is 21.9. The number of rotatable bonds is 10. The first-order chi connectivity index (χ1) is 22.6. The SMILES string of the molecule is C[C@H]1[C@@H](CN2CCOCC2)O[C@@H](c2ccc(-c3ccccc3CNC(=O)NCc3ccccc3)cc2)O[C@H]1c1ccc(CO)cc1. The van der Waals surface area contributed by atoms with Crippen LogP contribution in [0.3, 0.4) is 0 Å². The van der Waals surface area contributed by atoms with E-state index in [-0.39, 0.29) is 30.8 Å². The third kappa shape index (κ3) is 8.02. The van der Waals surface area contributed by atoms with Crippen LogP contribution in [0.2, 0.25) is 0 Å². The highest BCUT2D eigenvalue weighted by atomic mass is 16.7. The summed E-state index contributed by atoms with van der Waals surface area (Å²) in [6, 6.07) is 34.1. The number of hydrogen-bond donors (Lipinski definition) is 3. The van der Waals surface area contributed by atoms with Crippen molar-refractivity contribution in [3.8, 4) is 11.1 Å². The predicted octanol–water partition coefficient (Wildman–Crippen LogP) is 5.97. The number of benzene rings is 4. The fourth-order valence-corrected chi connectivity index (χ4v) is 6.16. The molecule has 46 heavy (non-hydrogen) atoms. The Morgan fingerprint density at radius 3 is 2.20 bits per heavy atom. The van der Waals surface area contributed by atoms with Gasteiger partial charge in [0.2, 0.25) is 0 Å². The largest absolute Gasteiger partial charge is 0.392 e. The van der Waals surface area contributed by atoms with Crippen molar-refractivity contribution in [2.45, 2.75) is 45.1 Å². The van der Waals surface area contributed by atoms with Crippen molar-refractivity contribution >= 4 is 6.03 Å². The van der Waals surface area contributed by atoms with Gasteiger partial charge in [-0.3, -0.25) is 4.90 Å². The highest BCUT2D eigenvalue weighted by Crippen LogP contribution is 2.42. The molecule has 4 atom stereocenters. The Labute approximate surface area is 271 Å². The first-order valence-electron chi connectivity index (χ1n) is 16.1. The number of ether oxygens (including phenoxy) is 3. The molecule has 3 N–H and O–H groups in total. The van der Waals surface area contributed by atoms with Crippen LogP contribution < -0.4 is 10.6 Å². The zero-order chi connectivity index (χ0) is 31.7. The van der Waals surface area contributed by atoms with Crippen LogP contribution in [-0.4, -0.2) is 55.0 Å². The molecule has 2 fully saturated rings. The molecule has 0 radical (unpaired) electrons. The number of urea groups is 1. The number of morpholine rings is 1. The predicted molar refractivity (Wildman–Crippen MR) is 178 cm³/mol. The van der Waals surface area contributed by atoms with Crippen molar-refractivity contribution in [3.05, 3.63) is 131 Å². The first-order valence-corrected chi connectivity index (χ1v) is 16.1. The van der Waals surface area contributed by atoms with Gasteiger partial charge in [-0.05, 0) is 33.4 Å². The second kappa shape index (κ2) is 15.5. The summed E-state index contributed by atoms with van der Waals surface area (Å²) in [5.74, 6) is 0.127. The van der Waals surface area contributed by atoms with E-state index in [1.54, 1.807) is 0 Å². The molecule has 0 bridgehead atoms. The van der Waals surface area contributed by atoms with Crippen LogP contribution in [0.4, 0.5) is 4.79 Å². The average molecular weight is 622 g/mol. The Morgan fingerprint density at radius 1 is 0.783 bits per heavy atom. The first kappa shape index (κ1) is 31.9. The standard InChI is InChI=1S/C38H43N3O5/c1-27-35(25-41-19-21-44-22-20-41)45-37(46-36(27)31-13-11-29(26-42)12-14-31)32-17-15-30(16-18-32)34-10-6-5-9-33(34)24-40-38(43)39-23-28-7-3-2-4-8-28/h2-18,27,35-37,42H,19-26H2,1H3,(H2,39,40,43)/t27-,35+,36+,37+/m0/s1. The number of carbonyl (C=O) groups is 1. The van der Waals surface area contributed by atoms with E-state index in [4.69, 9.17) is 14.2 Å². The van der Waals surface area contributed by atoms with E-state index in [1.165, 1.54) is 0 Å². The molecule has 2 aliphatic heterocycles. The fraction of sp³-hybridized carbons (Fsp3) is 0.342. The number of aliphatic hydroxyl groups is 1. The summed E-state index contributed by atoms with van der Waals surface area (Å²) in [5, 5.41) is 15.5. The molecule has 6 rings (SSSR count). The molecule has 8 nitrogen and oxygen atoms in total. The van der Waals surface area contributed by atoms with Gasteiger partial charge in [-0.2, -0.15) is 0 Å². The van der Waals surface area contributed by atoms with Crippen molar-refractivity contribution in [1.82, 2.24) is 15.5 Å².